The van der Waals surface area contributed by atoms with Crippen molar-refractivity contribution in [2.24, 2.45) is 5.73 Å². The number of aromatic nitrogens is 1. The summed E-state index contributed by atoms with van der Waals surface area (Å²) in [5.41, 5.74) is 7.43. The number of rotatable bonds is 3. The standard InChI is InChI=1S/C13H14N2O/c1-10-4-2-3-5-13(10)16-12-7-6-11(8-14)15-9-12/h2-7,9H,8,14H2,1H3. The van der Waals surface area contributed by atoms with E-state index in [-0.39, 0.29) is 0 Å². The normalized spacial score (nSPS) is 10.1. The van der Waals surface area contributed by atoms with Gasteiger partial charge in [-0.2, -0.15) is 0 Å². The lowest BCUT2D eigenvalue weighted by Gasteiger charge is -2.08. The molecule has 0 amide bonds. The van der Waals surface area contributed by atoms with Crippen molar-refractivity contribution >= 4 is 0 Å². The first kappa shape index (κ1) is 10.6. The number of hydrogen-bond donors (Lipinski definition) is 1. The smallest absolute Gasteiger partial charge is 0.145 e. The molecule has 2 N–H and O–H groups in total. The van der Waals surface area contributed by atoms with Crippen LogP contribution in [0.2, 0.25) is 0 Å². The van der Waals surface area contributed by atoms with Crippen molar-refractivity contribution in [3.63, 3.8) is 0 Å². The fourth-order valence-corrected chi connectivity index (χ4v) is 1.39. The molecule has 0 saturated heterocycles. The Morgan fingerprint density at radius 3 is 2.62 bits per heavy atom. The van der Waals surface area contributed by atoms with E-state index in [2.05, 4.69) is 4.98 Å². The lowest BCUT2D eigenvalue weighted by atomic mass is 10.2. The lowest BCUT2D eigenvalue weighted by molar-refractivity contribution is 0.476. The molecule has 0 radical (unpaired) electrons. The molecular formula is C13H14N2O. The Balaban J connectivity index is 2.18. The molecular weight excluding hydrogens is 200 g/mol. The van der Waals surface area contributed by atoms with Crippen molar-refractivity contribution in [3.8, 4) is 11.5 Å². The largest absolute Gasteiger partial charge is 0.455 e. The lowest BCUT2D eigenvalue weighted by Crippen LogP contribution is -1.98. The Morgan fingerprint density at radius 1 is 1.19 bits per heavy atom. The molecule has 16 heavy (non-hydrogen) atoms. The molecule has 0 spiro atoms. The van der Waals surface area contributed by atoms with E-state index in [1.807, 2.05) is 43.3 Å². The molecule has 0 fully saturated rings. The van der Waals surface area contributed by atoms with E-state index in [9.17, 15) is 0 Å². The van der Waals surface area contributed by atoms with Crippen LogP contribution >= 0.6 is 0 Å². The number of nitrogens with two attached hydrogens (primary N) is 1. The topological polar surface area (TPSA) is 48.1 Å². The summed E-state index contributed by atoms with van der Waals surface area (Å²) in [6, 6.07) is 11.6. The number of hydrogen-bond acceptors (Lipinski definition) is 3. The molecule has 0 atom stereocenters. The van der Waals surface area contributed by atoms with Crippen molar-refractivity contribution in [2.45, 2.75) is 13.5 Å². The highest BCUT2D eigenvalue weighted by molar-refractivity contribution is 5.36. The van der Waals surface area contributed by atoms with Crippen LogP contribution in [0.25, 0.3) is 0 Å². The number of para-hydroxylation sites is 1. The zero-order valence-corrected chi connectivity index (χ0v) is 9.18. The van der Waals surface area contributed by atoms with Gasteiger partial charge in [0, 0.05) is 6.54 Å². The van der Waals surface area contributed by atoms with Gasteiger partial charge in [0.1, 0.15) is 11.5 Å². The Kier molecular flexibility index (Phi) is 3.17. The van der Waals surface area contributed by atoms with Crippen LogP contribution in [0.3, 0.4) is 0 Å². The quantitative estimate of drug-likeness (QED) is 0.854. The van der Waals surface area contributed by atoms with Gasteiger partial charge in [-0.3, -0.25) is 4.98 Å². The van der Waals surface area contributed by atoms with Gasteiger partial charge in [-0.15, -0.1) is 0 Å². The molecule has 0 saturated carbocycles. The summed E-state index contributed by atoms with van der Waals surface area (Å²) in [5.74, 6) is 1.58. The van der Waals surface area contributed by atoms with E-state index in [1.165, 1.54) is 0 Å². The first-order valence-corrected chi connectivity index (χ1v) is 5.18. The van der Waals surface area contributed by atoms with Crippen LogP contribution < -0.4 is 10.5 Å². The molecule has 1 heterocycles. The van der Waals surface area contributed by atoms with Crippen LogP contribution in [0.4, 0.5) is 0 Å². The fourth-order valence-electron chi connectivity index (χ4n) is 1.39. The van der Waals surface area contributed by atoms with Crippen molar-refractivity contribution in [1.82, 2.24) is 4.98 Å². The van der Waals surface area contributed by atoms with Crippen LogP contribution in [-0.2, 0) is 6.54 Å². The highest BCUT2D eigenvalue weighted by Gasteiger charge is 2.00. The molecule has 0 unspecified atom stereocenters. The van der Waals surface area contributed by atoms with E-state index in [0.29, 0.717) is 6.54 Å². The third-order valence-electron chi connectivity index (χ3n) is 2.33. The number of ether oxygens (including phenoxy) is 1. The highest BCUT2D eigenvalue weighted by atomic mass is 16.5. The van der Waals surface area contributed by atoms with Crippen molar-refractivity contribution in [1.29, 1.82) is 0 Å². The first-order valence-electron chi connectivity index (χ1n) is 5.18. The number of benzene rings is 1. The monoisotopic (exact) mass is 214 g/mol. The summed E-state index contributed by atoms with van der Waals surface area (Å²) in [6.07, 6.45) is 1.69. The molecule has 3 heteroatoms. The molecule has 82 valence electrons. The molecule has 0 bridgehead atoms. The molecule has 1 aromatic carbocycles. The van der Waals surface area contributed by atoms with E-state index in [1.54, 1.807) is 6.20 Å². The van der Waals surface area contributed by atoms with Crippen LogP contribution in [0.15, 0.2) is 42.6 Å². The van der Waals surface area contributed by atoms with Crippen LogP contribution in [0, 0.1) is 6.92 Å². The maximum Gasteiger partial charge on any atom is 0.145 e. The SMILES string of the molecule is Cc1ccccc1Oc1ccc(CN)nc1. The zero-order chi connectivity index (χ0) is 11.4. The van der Waals surface area contributed by atoms with Crippen LogP contribution in [-0.4, -0.2) is 4.98 Å². The van der Waals surface area contributed by atoms with Gasteiger partial charge in [-0.25, -0.2) is 0 Å². The van der Waals surface area contributed by atoms with E-state index < -0.39 is 0 Å². The van der Waals surface area contributed by atoms with E-state index in [0.717, 1.165) is 22.8 Å². The van der Waals surface area contributed by atoms with E-state index >= 15 is 0 Å². The molecule has 0 aliphatic rings. The third kappa shape index (κ3) is 2.38. The fraction of sp³-hybridized carbons (Fsp3) is 0.154. The molecule has 1 aromatic heterocycles. The Morgan fingerprint density at radius 2 is 2.00 bits per heavy atom. The van der Waals surface area contributed by atoms with Gasteiger partial charge in [0.15, 0.2) is 0 Å². The molecule has 2 rings (SSSR count). The maximum absolute atomic E-state index is 5.71. The van der Waals surface area contributed by atoms with Gasteiger partial charge in [0.05, 0.1) is 11.9 Å². The number of pyridine rings is 1. The van der Waals surface area contributed by atoms with Crippen molar-refractivity contribution in [2.75, 3.05) is 0 Å². The second kappa shape index (κ2) is 4.77. The van der Waals surface area contributed by atoms with E-state index in [4.69, 9.17) is 10.5 Å². The number of nitrogens with zero attached hydrogens (tertiary/aromatic N) is 1. The predicted molar refractivity (Wildman–Crippen MR) is 63.4 cm³/mol. The maximum atomic E-state index is 5.71. The van der Waals surface area contributed by atoms with Crippen molar-refractivity contribution < 1.29 is 4.74 Å². The predicted octanol–water partition coefficient (Wildman–Crippen LogP) is 2.64. The summed E-state index contributed by atoms with van der Waals surface area (Å²) >= 11 is 0. The van der Waals surface area contributed by atoms with Gasteiger partial charge in [0.2, 0.25) is 0 Å². The van der Waals surface area contributed by atoms with Crippen LogP contribution in [0.5, 0.6) is 11.5 Å². The zero-order valence-electron chi connectivity index (χ0n) is 9.18. The number of aryl methyl sites for hydroxylation is 1. The summed E-state index contributed by atoms with van der Waals surface area (Å²) in [5, 5.41) is 0. The summed E-state index contributed by atoms with van der Waals surface area (Å²) < 4.78 is 5.71. The minimum atomic E-state index is 0.449. The summed E-state index contributed by atoms with van der Waals surface area (Å²) in [4.78, 5) is 4.17. The Labute approximate surface area is 94.9 Å². The van der Waals surface area contributed by atoms with Gasteiger partial charge < -0.3 is 10.5 Å². The summed E-state index contributed by atoms with van der Waals surface area (Å²) in [6.45, 7) is 2.46. The van der Waals surface area contributed by atoms with Crippen LogP contribution in [0.1, 0.15) is 11.3 Å². The van der Waals surface area contributed by atoms with Gasteiger partial charge >= 0.3 is 0 Å². The minimum absolute atomic E-state index is 0.449. The van der Waals surface area contributed by atoms with Gasteiger partial charge in [0.25, 0.3) is 0 Å². The third-order valence-corrected chi connectivity index (χ3v) is 2.33. The second-order valence-corrected chi connectivity index (χ2v) is 3.56. The highest BCUT2D eigenvalue weighted by Crippen LogP contribution is 2.23. The molecule has 0 aliphatic heterocycles. The molecule has 2 aromatic rings. The molecule has 0 aliphatic carbocycles. The Bertz CT molecular complexity index is 466. The van der Waals surface area contributed by atoms with Gasteiger partial charge in [-0.1, -0.05) is 18.2 Å². The first-order chi connectivity index (χ1) is 7.79. The average Bonchev–Trinajstić information content (AvgIpc) is 2.33. The average molecular weight is 214 g/mol. The summed E-state index contributed by atoms with van der Waals surface area (Å²) in [7, 11) is 0. The second-order valence-electron chi connectivity index (χ2n) is 3.56. The van der Waals surface area contributed by atoms with Gasteiger partial charge in [-0.05, 0) is 30.7 Å². The van der Waals surface area contributed by atoms with Crippen molar-refractivity contribution in [3.05, 3.63) is 53.9 Å². The molecule has 3 nitrogen and oxygen atoms in total. The minimum Gasteiger partial charge on any atom is -0.455 e. The Hall–Kier alpha value is -1.87.